The molecule has 148 valence electrons. The molecule has 0 aliphatic carbocycles. The fourth-order valence-electron chi connectivity index (χ4n) is 2.48. The molecule has 0 saturated heterocycles. The van der Waals surface area contributed by atoms with Crippen molar-refractivity contribution < 1.29 is 22.4 Å². The number of furan rings is 1. The third kappa shape index (κ3) is 5.90. The average molecular weight is 395 g/mol. The maximum atomic E-state index is 12.5. The first-order chi connectivity index (χ1) is 12.8. The topological polar surface area (TPSA) is 101 Å². The Labute approximate surface area is 159 Å². The number of sulfonamides is 1. The number of benzene rings is 1. The van der Waals surface area contributed by atoms with E-state index in [2.05, 4.69) is 10.0 Å². The molecule has 0 aliphatic heterocycles. The summed E-state index contributed by atoms with van der Waals surface area (Å²) in [4.78, 5) is 14.4. The van der Waals surface area contributed by atoms with Gasteiger partial charge in [0.25, 0.3) is 5.91 Å². The molecule has 1 aromatic carbocycles. The van der Waals surface area contributed by atoms with Crippen LogP contribution < -0.4 is 10.0 Å². The zero-order valence-electron chi connectivity index (χ0n) is 15.6. The van der Waals surface area contributed by atoms with Gasteiger partial charge in [0.1, 0.15) is 5.76 Å². The van der Waals surface area contributed by atoms with Crippen molar-refractivity contribution in [3.63, 3.8) is 0 Å². The van der Waals surface area contributed by atoms with Gasteiger partial charge in [0.15, 0.2) is 0 Å². The molecular formula is C18H25N3O5S. The summed E-state index contributed by atoms with van der Waals surface area (Å²) in [5.74, 6) is 0.376. The van der Waals surface area contributed by atoms with Gasteiger partial charge in [0.2, 0.25) is 10.0 Å². The van der Waals surface area contributed by atoms with Gasteiger partial charge in [-0.25, -0.2) is 13.1 Å². The smallest absolute Gasteiger partial charge is 0.251 e. The van der Waals surface area contributed by atoms with Crippen molar-refractivity contribution in [3.8, 4) is 0 Å². The lowest BCUT2D eigenvalue weighted by Gasteiger charge is -2.22. The van der Waals surface area contributed by atoms with Crippen LogP contribution in [0.25, 0.3) is 0 Å². The second kappa shape index (κ2) is 9.65. The number of carbonyl (C=O) groups is 1. The van der Waals surface area contributed by atoms with E-state index in [1.807, 2.05) is 25.1 Å². The summed E-state index contributed by atoms with van der Waals surface area (Å²) in [7, 11) is 1.56. The minimum absolute atomic E-state index is 0.0291. The molecule has 2 rings (SSSR count). The monoisotopic (exact) mass is 395 g/mol. The van der Waals surface area contributed by atoms with E-state index in [0.717, 1.165) is 5.76 Å². The Bertz CT molecular complexity index is 834. The first-order valence-corrected chi connectivity index (χ1v) is 9.90. The van der Waals surface area contributed by atoms with E-state index in [1.165, 1.54) is 25.3 Å². The molecule has 0 bridgehead atoms. The number of hydrogen-bond donors (Lipinski definition) is 2. The summed E-state index contributed by atoms with van der Waals surface area (Å²) in [6.45, 7) is 0.740. The molecule has 0 fully saturated rings. The maximum Gasteiger partial charge on any atom is 0.251 e. The minimum atomic E-state index is -3.70. The van der Waals surface area contributed by atoms with Crippen molar-refractivity contribution in [3.05, 3.63) is 54.0 Å². The summed E-state index contributed by atoms with van der Waals surface area (Å²) < 4.78 is 37.2. The number of rotatable bonds is 10. The number of amides is 1. The molecule has 0 radical (unpaired) electrons. The molecule has 9 heteroatoms. The summed E-state index contributed by atoms with van der Waals surface area (Å²) in [5.41, 5.74) is 0.265. The normalized spacial score (nSPS) is 12.9. The Kier molecular flexibility index (Phi) is 7.55. The number of ether oxygens (including phenoxy) is 1. The largest absolute Gasteiger partial charge is 0.468 e. The first kappa shape index (κ1) is 21.1. The fourth-order valence-corrected chi connectivity index (χ4v) is 3.53. The highest BCUT2D eigenvalue weighted by atomic mass is 32.2. The zero-order valence-corrected chi connectivity index (χ0v) is 16.5. The van der Waals surface area contributed by atoms with Gasteiger partial charge in [0.05, 0.1) is 23.8 Å². The predicted molar refractivity (Wildman–Crippen MR) is 101 cm³/mol. The summed E-state index contributed by atoms with van der Waals surface area (Å²) in [6, 6.07) is 9.40. The van der Waals surface area contributed by atoms with Crippen LogP contribution in [0.1, 0.15) is 22.2 Å². The van der Waals surface area contributed by atoms with E-state index < -0.39 is 10.0 Å². The van der Waals surface area contributed by atoms with E-state index in [0.29, 0.717) is 6.54 Å². The Morgan fingerprint density at radius 2 is 2.04 bits per heavy atom. The van der Waals surface area contributed by atoms with Crippen LogP contribution in [0.5, 0.6) is 0 Å². The van der Waals surface area contributed by atoms with Crippen LogP contribution in [0.4, 0.5) is 0 Å². The van der Waals surface area contributed by atoms with E-state index in [1.54, 1.807) is 18.4 Å². The molecule has 2 N–H and O–H groups in total. The molecule has 0 saturated carbocycles. The van der Waals surface area contributed by atoms with E-state index in [-0.39, 0.29) is 35.6 Å². The minimum Gasteiger partial charge on any atom is -0.468 e. The van der Waals surface area contributed by atoms with Crippen molar-refractivity contribution in [2.45, 2.75) is 10.9 Å². The van der Waals surface area contributed by atoms with Crippen LogP contribution in [0.3, 0.4) is 0 Å². The van der Waals surface area contributed by atoms with E-state index in [9.17, 15) is 13.2 Å². The van der Waals surface area contributed by atoms with Crippen LogP contribution in [-0.4, -0.2) is 60.1 Å². The second-order valence-corrected chi connectivity index (χ2v) is 7.89. The van der Waals surface area contributed by atoms with Gasteiger partial charge in [-0.15, -0.1) is 0 Å². The SMILES string of the molecule is COCCNS(=O)(=O)c1cccc(C(=O)NCC(c2ccco2)N(C)C)c1. The van der Waals surface area contributed by atoms with Gasteiger partial charge in [-0.05, 0) is 44.4 Å². The third-order valence-electron chi connectivity index (χ3n) is 3.96. The number of methoxy groups -OCH3 is 1. The van der Waals surface area contributed by atoms with Crippen LogP contribution in [0.2, 0.25) is 0 Å². The van der Waals surface area contributed by atoms with Crippen molar-refractivity contribution in [2.24, 2.45) is 0 Å². The number of nitrogens with one attached hydrogen (secondary N) is 2. The Morgan fingerprint density at radius 1 is 1.26 bits per heavy atom. The molecular weight excluding hydrogens is 370 g/mol. The Morgan fingerprint density at radius 3 is 2.67 bits per heavy atom. The lowest BCUT2D eigenvalue weighted by Crippen LogP contribution is -2.34. The molecule has 1 amide bonds. The molecule has 0 aliphatic rings. The van der Waals surface area contributed by atoms with Crippen molar-refractivity contribution >= 4 is 15.9 Å². The van der Waals surface area contributed by atoms with Gasteiger partial charge < -0.3 is 14.5 Å². The highest BCUT2D eigenvalue weighted by Gasteiger charge is 2.19. The average Bonchev–Trinajstić information content (AvgIpc) is 3.16. The third-order valence-corrected chi connectivity index (χ3v) is 5.41. The van der Waals surface area contributed by atoms with Gasteiger partial charge in [-0.1, -0.05) is 6.07 Å². The summed E-state index contributed by atoms with van der Waals surface area (Å²) in [5, 5.41) is 2.82. The van der Waals surface area contributed by atoms with Gasteiger partial charge in [0, 0.05) is 25.8 Å². The molecule has 1 atom stereocenters. The number of nitrogens with zero attached hydrogens (tertiary/aromatic N) is 1. The van der Waals surface area contributed by atoms with Crippen LogP contribution in [0.15, 0.2) is 52.0 Å². The molecule has 8 nitrogen and oxygen atoms in total. The molecule has 0 spiro atoms. The van der Waals surface area contributed by atoms with Gasteiger partial charge >= 0.3 is 0 Å². The number of hydrogen-bond acceptors (Lipinski definition) is 6. The standard InChI is InChI=1S/C18H25N3O5S/c1-21(2)16(17-8-5-10-26-17)13-19-18(22)14-6-4-7-15(12-14)27(23,24)20-9-11-25-3/h4-8,10,12,16,20H,9,11,13H2,1-3H3,(H,19,22). The van der Waals surface area contributed by atoms with Crippen molar-refractivity contribution in [2.75, 3.05) is 40.9 Å². The molecule has 1 aromatic heterocycles. The number of likely N-dealkylation sites (N-methyl/N-ethyl adjacent to an activating group) is 1. The fraction of sp³-hybridized carbons (Fsp3) is 0.389. The number of carbonyl (C=O) groups excluding carboxylic acids is 1. The van der Waals surface area contributed by atoms with Crippen molar-refractivity contribution in [1.29, 1.82) is 0 Å². The maximum absolute atomic E-state index is 12.5. The summed E-state index contributed by atoms with van der Waals surface area (Å²) in [6.07, 6.45) is 1.58. The molecule has 1 unspecified atom stereocenters. The molecule has 2 aromatic rings. The first-order valence-electron chi connectivity index (χ1n) is 8.42. The zero-order chi connectivity index (χ0) is 19.9. The van der Waals surface area contributed by atoms with Crippen LogP contribution >= 0.6 is 0 Å². The quantitative estimate of drug-likeness (QED) is 0.587. The van der Waals surface area contributed by atoms with E-state index in [4.69, 9.17) is 9.15 Å². The van der Waals surface area contributed by atoms with Crippen LogP contribution in [0, 0.1) is 0 Å². The summed E-state index contributed by atoms with van der Waals surface area (Å²) >= 11 is 0. The van der Waals surface area contributed by atoms with Gasteiger partial charge in [-0.2, -0.15) is 0 Å². The van der Waals surface area contributed by atoms with Crippen molar-refractivity contribution in [1.82, 2.24) is 14.9 Å². The van der Waals surface area contributed by atoms with Gasteiger partial charge in [-0.3, -0.25) is 9.69 Å². The predicted octanol–water partition coefficient (Wildman–Crippen LogP) is 1.24. The van der Waals surface area contributed by atoms with Crippen LogP contribution in [-0.2, 0) is 14.8 Å². The molecule has 1 heterocycles. The highest BCUT2D eigenvalue weighted by Crippen LogP contribution is 2.18. The van der Waals surface area contributed by atoms with E-state index >= 15 is 0 Å². The Balaban J connectivity index is 2.06. The second-order valence-electron chi connectivity index (χ2n) is 6.12. The lowest BCUT2D eigenvalue weighted by molar-refractivity contribution is 0.0939. The Hall–Kier alpha value is -2.20. The highest BCUT2D eigenvalue weighted by molar-refractivity contribution is 7.89. The molecule has 27 heavy (non-hydrogen) atoms. The lowest BCUT2D eigenvalue weighted by atomic mass is 10.2.